The van der Waals surface area contributed by atoms with Gasteiger partial charge < -0.3 is 25.4 Å². The van der Waals surface area contributed by atoms with Crippen molar-refractivity contribution in [2.45, 2.75) is 23.5 Å². The number of thioether (sulfide) groups is 1. The van der Waals surface area contributed by atoms with E-state index < -0.39 is 11.8 Å². The Labute approximate surface area is 265 Å². The molecule has 0 aliphatic heterocycles. The summed E-state index contributed by atoms with van der Waals surface area (Å²) >= 11 is 7.43. The van der Waals surface area contributed by atoms with Gasteiger partial charge in [0.15, 0.2) is 0 Å². The Morgan fingerprint density at radius 3 is 2.25 bits per heavy atom. The first-order chi connectivity index (χ1) is 21.3. The summed E-state index contributed by atoms with van der Waals surface area (Å²) in [5, 5.41) is 8.66. The maximum absolute atomic E-state index is 13.6. The SMILES string of the molecule is CCC(Sc1cccc(NC(=O)/C(=C\c2cc(OC)ccc2OC)NC(=O)c2ccccc2)c1)C(=O)Nc1cccc(Cl)c1. The fraction of sp³-hybridized carbons (Fsp3) is 0.147. The van der Waals surface area contributed by atoms with Crippen LogP contribution in [0.1, 0.15) is 29.3 Å². The van der Waals surface area contributed by atoms with E-state index in [2.05, 4.69) is 16.0 Å². The van der Waals surface area contributed by atoms with Crippen molar-refractivity contribution in [3.63, 3.8) is 0 Å². The van der Waals surface area contributed by atoms with Gasteiger partial charge in [0.2, 0.25) is 5.91 Å². The highest BCUT2D eigenvalue weighted by molar-refractivity contribution is 8.00. The minimum absolute atomic E-state index is 0.00389. The number of carbonyl (C=O) groups is 3. The number of carbonyl (C=O) groups excluding carboxylic acids is 3. The predicted molar refractivity (Wildman–Crippen MR) is 177 cm³/mol. The minimum atomic E-state index is -0.549. The van der Waals surface area contributed by atoms with Gasteiger partial charge in [-0.1, -0.05) is 48.9 Å². The molecule has 3 N–H and O–H groups in total. The molecule has 226 valence electrons. The molecule has 0 spiro atoms. The number of amides is 3. The molecule has 44 heavy (non-hydrogen) atoms. The Balaban J connectivity index is 1.56. The van der Waals surface area contributed by atoms with Crippen molar-refractivity contribution in [3.8, 4) is 11.5 Å². The van der Waals surface area contributed by atoms with Gasteiger partial charge in [0.25, 0.3) is 11.8 Å². The summed E-state index contributed by atoms with van der Waals surface area (Å²) in [7, 11) is 3.05. The highest BCUT2D eigenvalue weighted by Crippen LogP contribution is 2.30. The lowest BCUT2D eigenvalue weighted by Crippen LogP contribution is -2.30. The Morgan fingerprint density at radius 1 is 0.841 bits per heavy atom. The number of hydrogen-bond donors (Lipinski definition) is 3. The molecular weight excluding hydrogens is 598 g/mol. The first-order valence-electron chi connectivity index (χ1n) is 13.7. The normalized spacial score (nSPS) is 11.7. The van der Waals surface area contributed by atoms with Crippen LogP contribution in [-0.4, -0.2) is 37.2 Å². The smallest absolute Gasteiger partial charge is 0.272 e. The first kappa shape index (κ1) is 32.2. The molecule has 4 rings (SSSR count). The predicted octanol–water partition coefficient (Wildman–Crippen LogP) is 7.28. The third-order valence-corrected chi connectivity index (χ3v) is 7.98. The molecule has 8 nitrogen and oxygen atoms in total. The third-order valence-electron chi connectivity index (χ3n) is 6.39. The number of nitrogens with one attached hydrogen (secondary N) is 3. The Kier molecular flexibility index (Phi) is 11.5. The lowest BCUT2D eigenvalue weighted by atomic mass is 10.1. The maximum atomic E-state index is 13.6. The van der Waals surface area contributed by atoms with Crippen molar-refractivity contribution < 1.29 is 23.9 Å². The first-order valence-corrected chi connectivity index (χ1v) is 15.0. The largest absolute Gasteiger partial charge is 0.497 e. The second-order valence-electron chi connectivity index (χ2n) is 9.48. The van der Waals surface area contributed by atoms with Gasteiger partial charge in [0.1, 0.15) is 17.2 Å². The van der Waals surface area contributed by atoms with Crippen LogP contribution >= 0.6 is 23.4 Å². The number of ether oxygens (including phenoxy) is 2. The van der Waals surface area contributed by atoms with Crippen molar-refractivity contribution in [1.82, 2.24) is 5.32 Å². The average molecular weight is 630 g/mol. The zero-order valence-corrected chi connectivity index (χ0v) is 26.0. The van der Waals surface area contributed by atoms with Gasteiger partial charge in [-0.05, 0) is 79.2 Å². The molecule has 0 fully saturated rings. The number of hydrogen-bond acceptors (Lipinski definition) is 6. The highest BCUT2D eigenvalue weighted by Gasteiger charge is 2.20. The quantitative estimate of drug-likeness (QED) is 0.112. The van der Waals surface area contributed by atoms with Crippen LogP contribution < -0.4 is 25.4 Å². The van der Waals surface area contributed by atoms with Crippen molar-refractivity contribution in [3.05, 3.63) is 119 Å². The zero-order chi connectivity index (χ0) is 31.5. The summed E-state index contributed by atoms with van der Waals surface area (Å²) in [5.74, 6) is -0.108. The molecular formula is C34H32ClN3O5S. The molecule has 0 saturated heterocycles. The molecule has 0 aliphatic carbocycles. The van der Waals surface area contributed by atoms with Gasteiger partial charge >= 0.3 is 0 Å². The van der Waals surface area contributed by atoms with Gasteiger partial charge in [-0.2, -0.15) is 0 Å². The monoisotopic (exact) mass is 629 g/mol. The number of anilines is 2. The molecule has 0 aromatic heterocycles. The van der Waals surface area contributed by atoms with Crippen LogP contribution in [-0.2, 0) is 9.59 Å². The maximum Gasteiger partial charge on any atom is 0.272 e. The van der Waals surface area contributed by atoms with Gasteiger partial charge in [-0.15, -0.1) is 11.8 Å². The fourth-order valence-electron chi connectivity index (χ4n) is 4.17. The van der Waals surface area contributed by atoms with E-state index in [0.717, 1.165) is 4.90 Å². The zero-order valence-electron chi connectivity index (χ0n) is 24.4. The number of benzene rings is 4. The summed E-state index contributed by atoms with van der Waals surface area (Å²) in [5.41, 5.74) is 2.03. The van der Waals surface area contributed by atoms with Crippen LogP contribution in [0.2, 0.25) is 5.02 Å². The Bertz CT molecular complexity index is 1660. The van der Waals surface area contributed by atoms with E-state index in [1.54, 1.807) is 91.0 Å². The fourth-order valence-corrected chi connectivity index (χ4v) is 5.37. The van der Waals surface area contributed by atoms with Gasteiger partial charge in [-0.25, -0.2) is 0 Å². The van der Waals surface area contributed by atoms with E-state index in [1.165, 1.54) is 32.1 Å². The molecule has 3 amide bonds. The standard InChI is InChI=1S/C34H32ClN3O5S/c1-4-31(34(41)37-25-13-8-12-24(35)20-25)44-28-15-9-14-26(21-28)36-33(40)29(38-32(39)22-10-6-5-7-11-22)19-23-18-27(42-2)16-17-30(23)43-3/h5-21,31H,4H2,1-3H3,(H,36,40)(H,37,41)(H,38,39)/b29-19+. The second-order valence-corrected chi connectivity index (χ2v) is 11.2. The summed E-state index contributed by atoms with van der Waals surface area (Å²) in [4.78, 5) is 40.5. The van der Waals surface area contributed by atoms with E-state index in [-0.39, 0.29) is 16.9 Å². The van der Waals surface area contributed by atoms with E-state index in [1.807, 2.05) is 13.0 Å². The van der Waals surface area contributed by atoms with Crippen LogP contribution in [0.25, 0.3) is 6.08 Å². The van der Waals surface area contributed by atoms with E-state index in [0.29, 0.717) is 45.4 Å². The minimum Gasteiger partial charge on any atom is -0.497 e. The topological polar surface area (TPSA) is 106 Å². The molecule has 0 aliphatic rings. The van der Waals surface area contributed by atoms with E-state index in [4.69, 9.17) is 21.1 Å². The Morgan fingerprint density at radius 2 is 1.57 bits per heavy atom. The van der Waals surface area contributed by atoms with Gasteiger partial charge in [0, 0.05) is 32.4 Å². The van der Waals surface area contributed by atoms with Crippen LogP contribution in [0.15, 0.2) is 108 Å². The molecule has 10 heteroatoms. The molecule has 1 atom stereocenters. The van der Waals surface area contributed by atoms with Crippen molar-refractivity contribution in [2.24, 2.45) is 0 Å². The van der Waals surface area contributed by atoms with Crippen molar-refractivity contribution in [2.75, 3.05) is 24.9 Å². The average Bonchev–Trinajstić information content (AvgIpc) is 3.03. The summed E-state index contributed by atoms with van der Waals surface area (Å²) in [6.45, 7) is 1.93. The van der Waals surface area contributed by atoms with Crippen LogP contribution in [0.5, 0.6) is 11.5 Å². The number of rotatable bonds is 12. The van der Waals surface area contributed by atoms with E-state index >= 15 is 0 Å². The van der Waals surface area contributed by atoms with Crippen molar-refractivity contribution in [1.29, 1.82) is 0 Å². The van der Waals surface area contributed by atoms with Crippen LogP contribution in [0, 0.1) is 0 Å². The van der Waals surface area contributed by atoms with Crippen LogP contribution in [0.4, 0.5) is 11.4 Å². The molecule has 1 unspecified atom stereocenters. The number of methoxy groups -OCH3 is 2. The molecule has 4 aromatic carbocycles. The molecule has 0 saturated carbocycles. The second kappa shape index (κ2) is 15.7. The summed E-state index contributed by atoms with van der Waals surface area (Å²) < 4.78 is 10.8. The Hall–Kier alpha value is -4.73. The van der Waals surface area contributed by atoms with Crippen molar-refractivity contribution >= 4 is 58.5 Å². The third kappa shape index (κ3) is 8.89. The van der Waals surface area contributed by atoms with Gasteiger partial charge in [-0.3, -0.25) is 14.4 Å². The molecule has 0 bridgehead atoms. The molecule has 0 radical (unpaired) electrons. The van der Waals surface area contributed by atoms with E-state index in [9.17, 15) is 14.4 Å². The summed E-state index contributed by atoms with van der Waals surface area (Å²) in [6, 6.07) is 27.9. The number of halogens is 1. The molecule has 0 heterocycles. The van der Waals surface area contributed by atoms with Crippen LogP contribution in [0.3, 0.4) is 0 Å². The van der Waals surface area contributed by atoms with Gasteiger partial charge in [0.05, 0.1) is 19.5 Å². The summed E-state index contributed by atoms with van der Waals surface area (Å²) in [6.07, 6.45) is 2.11. The lowest BCUT2D eigenvalue weighted by molar-refractivity contribution is -0.116. The highest BCUT2D eigenvalue weighted by atomic mass is 35.5. The molecule has 4 aromatic rings. The lowest BCUT2D eigenvalue weighted by Gasteiger charge is -2.16.